The monoisotopic (exact) mass is 256 g/mol. The van der Waals surface area contributed by atoms with Gasteiger partial charge in [0.25, 0.3) is 5.91 Å². The smallest absolute Gasteiger partial charge is 0.257 e. The quantitative estimate of drug-likeness (QED) is 0.814. The summed E-state index contributed by atoms with van der Waals surface area (Å²) in [5.41, 5.74) is 3.99. The number of anilines is 1. The Bertz CT molecular complexity index is 457. The van der Waals surface area contributed by atoms with Crippen molar-refractivity contribution in [3.05, 3.63) is 29.3 Å². The lowest BCUT2D eigenvalue weighted by molar-refractivity contribution is 0.0892. The van der Waals surface area contributed by atoms with Gasteiger partial charge in [-0.3, -0.25) is 4.79 Å². The molecule has 0 saturated carbocycles. The molecule has 0 unspecified atom stereocenters. The van der Waals surface area contributed by atoms with E-state index in [-0.39, 0.29) is 5.69 Å². The highest BCUT2D eigenvalue weighted by Gasteiger charge is 2.26. The lowest BCUT2D eigenvalue weighted by Gasteiger charge is -2.28. The number of benzene rings is 1. The summed E-state index contributed by atoms with van der Waals surface area (Å²) in [4.78, 5) is 11.9. The second-order valence-corrected chi connectivity index (χ2v) is 4.55. The molecule has 0 heterocycles. The SMILES string of the molecule is CCC(C)(CC)NC(=O)c1c(F)ccc(N)c1F. The van der Waals surface area contributed by atoms with Crippen molar-refractivity contribution in [2.75, 3.05) is 5.73 Å². The Kier molecular flexibility index (Phi) is 4.27. The maximum Gasteiger partial charge on any atom is 0.257 e. The zero-order valence-electron chi connectivity index (χ0n) is 10.8. The van der Waals surface area contributed by atoms with Crippen molar-refractivity contribution in [2.24, 2.45) is 0 Å². The van der Waals surface area contributed by atoms with Gasteiger partial charge >= 0.3 is 0 Å². The summed E-state index contributed by atoms with van der Waals surface area (Å²) in [7, 11) is 0. The summed E-state index contributed by atoms with van der Waals surface area (Å²) in [5.74, 6) is -2.70. The molecule has 0 radical (unpaired) electrons. The van der Waals surface area contributed by atoms with Crippen molar-refractivity contribution in [3.63, 3.8) is 0 Å². The zero-order valence-corrected chi connectivity index (χ0v) is 10.8. The topological polar surface area (TPSA) is 55.1 Å². The summed E-state index contributed by atoms with van der Waals surface area (Å²) in [5, 5.41) is 2.64. The van der Waals surface area contributed by atoms with Gasteiger partial charge in [0, 0.05) is 5.54 Å². The van der Waals surface area contributed by atoms with E-state index in [0.717, 1.165) is 12.1 Å². The number of carbonyl (C=O) groups is 1. The molecule has 0 spiro atoms. The van der Waals surface area contributed by atoms with Crippen LogP contribution in [-0.2, 0) is 0 Å². The van der Waals surface area contributed by atoms with Crippen LogP contribution in [0.3, 0.4) is 0 Å². The first-order chi connectivity index (χ1) is 8.34. The lowest BCUT2D eigenvalue weighted by Crippen LogP contribution is -2.45. The molecule has 1 aromatic carbocycles. The highest BCUT2D eigenvalue weighted by Crippen LogP contribution is 2.21. The lowest BCUT2D eigenvalue weighted by atomic mass is 9.95. The van der Waals surface area contributed by atoms with Crippen molar-refractivity contribution >= 4 is 11.6 Å². The molecule has 0 aliphatic carbocycles. The molecule has 1 rings (SSSR count). The van der Waals surface area contributed by atoms with E-state index in [1.54, 1.807) is 0 Å². The number of halogens is 2. The number of carbonyl (C=O) groups excluding carboxylic acids is 1. The third kappa shape index (κ3) is 2.78. The van der Waals surface area contributed by atoms with E-state index in [1.165, 1.54) is 0 Å². The number of nitrogen functional groups attached to an aromatic ring is 1. The normalized spacial score (nSPS) is 11.4. The summed E-state index contributed by atoms with van der Waals surface area (Å²) < 4.78 is 27.2. The Morgan fingerprint density at radius 1 is 1.33 bits per heavy atom. The number of hydrogen-bond donors (Lipinski definition) is 2. The number of nitrogens with two attached hydrogens (primary N) is 1. The molecule has 0 saturated heterocycles. The molecule has 3 nitrogen and oxygen atoms in total. The highest BCUT2D eigenvalue weighted by atomic mass is 19.1. The van der Waals surface area contributed by atoms with Crippen LogP contribution in [0.4, 0.5) is 14.5 Å². The van der Waals surface area contributed by atoms with E-state index in [9.17, 15) is 13.6 Å². The van der Waals surface area contributed by atoms with Crippen LogP contribution in [0.2, 0.25) is 0 Å². The fourth-order valence-electron chi connectivity index (χ4n) is 1.54. The molecule has 18 heavy (non-hydrogen) atoms. The highest BCUT2D eigenvalue weighted by molar-refractivity contribution is 5.96. The minimum Gasteiger partial charge on any atom is -0.396 e. The molecule has 100 valence electrons. The third-order valence-corrected chi connectivity index (χ3v) is 3.32. The maximum atomic E-state index is 13.7. The van der Waals surface area contributed by atoms with E-state index in [0.29, 0.717) is 12.8 Å². The van der Waals surface area contributed by atoms with E-state index in [1.807, 2.05) is 20.8 Å². The van der Waals surface area contributed by atoms with E-state index in [4.69, 9.17) is 5.73 Å². The van der Waals surface area contributed by atoms with Gasteiger partial charge in [0.2, 0.25) is 0 Å². The van der Waals surface area contributed by atoms with Crippen molar-refractivity contribution in [3.8, 4) is 0 Å². The maximum absolute atomic E-state index is 13.7. The molecule has 0 aromatic heterocycles. The largest absolute Gasteiger partial charge is 0.396 e. The molecule has 1 aromatic rings. The second kappa shape index (κ2) is 5.33. The van der Waals surface area contributed by atoms with Crippen molar-refractivity contribution in [1.82, 2.24) is 5.32 Å². The van der Waals surface area contributed by atoms with E-state index in [2.05, 4.69) is 5.32 Å². The Labute approximate surface area is 105 Å². The molecule has 0 bridgehead atoms. The van der Waals surface area contributed by atoms with Gasteiger partial charge in [-0.15, -0.1) is 0 Å². The molecule has 0 aliphatic heterocycles. The van der Waals surface area contributed by atoms with Crippen LogP contribution in [0.15, 0.2) is 12.1 Å². The summed E-state index contributed by atoms with van der Waals surface area (Å²) >= 11 is 0. The fraction of sp³-hybridized carbons (Fsp3) is 0.462. The van der Waals surface area contributed by atoms with Gasteiger partial charge in [-0.1, -0.05) is 13.8 Å². The molecule has 0 atom stereocenters. The number of nitrogens with one attached hydrogen (secondary N) is 1. The number of hydrogen-bond acceptors (Lipinski definition) is 2. The molecule has 5 heteroatoms. The van der Waals surface area contributed by atoms with Gasteiger partial charge in [0.15, 0.2) is 5.82 Å². The number of amides is 1. The third-order valence-electron chi connectivity index (χ3n) is 3.32. The van der Waals surface area contributed by atoms with Crippen LogP contribution in [0.25, 0.3) is 0 Å². The zero-order chi connectivity index (χ0) is 13.9. The Balaban J connectivity index is 3.09. The van der Waals surface area contributed by atoms with E-state index >= 15 is 0 Å². The Morgan fingerprint density at radius 2 is 1.89 bits per heavy atom. The van der Waals surface area contributed by atoms with Crippen LogP contribution >= 0.6 is 0 Å². The standard InChI is InChI=1S/C13H18F2N2O/c1-4-13(3,5-2)17-12(18)10-8(14)6-7-9(16)11(10)15/h6-7H,4-5,16H2,1-3H3,(H,17,18). The summed E-state index contributed by atoms with van der Waals surface area (Å²) in [6.07, 6.45) is 1.33. The van der Waals surface area contributed by atoms with Crippen LogP contribution in [0.1, 0.15) is 44.0 Å². The van der Waals surface area contributed by atoms with Crippen LogP contribution in [0.5, 0.6) is 0 Å². The molecular formula is C13H18F2N2O. The Morgan fingerprint density at radius 3 is 2.39 bits per heavy atom. The van der Waals surface area contributed by atoms with Crippen molar-refractivity contribution in [1.29, 1.82) is 0 Å². The molecule has 1 amide bonds. The van der Waals surface area contributed by atoms with Crippen molar-refractivity contribution in [2.45, 2.75) is 39.2 Å². The van der Waals surface area contributed by atoms with Gasteiger partial charge in [-0.05, 0) is 31.9 Å². The molecular weight excluding hydrogens is 238 g/mol. The first-order valence-corrected chi connectivity index (χ1v) is 5.90. The van der Waals surface area contributed by atoms with Gasteiger partial charge in [0.05, 0.1) is 5.69 Å². The molecule has 0 fully saturated rings. The predicted octanol–water partition coefficient (Wildman–Crippen LogP) is 2.86. The molecule has 0 aliphatic rings. The average molecular weight is 256 g/mol. The first kappa shape index (κ1) is 14.4. The second-order valence-electron chi connectivity index (χ2n) is 4.55. The first-order valence-electron chi connectivity index (χ1n) is 5.90. The van der Waals surface area contributed by atoms with E-state index < -0.39 is 28.6 Å². The van der Waals surface area contributed by atoms with Gasteiger partial charge < -0.3 is 11.1 Å². The predicted molar refractivity (Wildman–Crippen MR) is 67.2 cm³/mol. The minimum atomic E-state index is -1.01. The summed E-state index contributed by atoms with van der Waals surface area (Å²) in [6, 6.07) is 2.09. The molecule has 3 N–H and O–H groups in total. The van der Waals surface area contributed by atoms with Crippen LogP contribution in [-0.4, -0.2) is 11.4 Å². The summed E-state index contributed by atoms with van der Waals surface area (Å²) in [6.45, 7) is 5.62. The van der Waals surface area contributed by atoms with Gasteiger partial charge in [-0.2, -0.15) is 0 Å². The fourth-order valence-corrected chi connectivity index (χ4v) is 1.54. The van der Waals surface area contributed by atoms with Crippen LogP contribution < -0.4 is 11.1 Å². The van der Waals surface area contributed by atoms with Crippen LogP contribution in [0, 0.1) is 11.6 Å². The average Bonchev–Trinajstić information content (AvgIpc) is 2.34. The van der Waals surface area contributed by atoms with Gasteiger partial charge in [0.1, 0.15) is 11.4 Å². The van der Waals surface area contributed by atoms with Gasteiger partial charge in [-0.25, -0.2) is 8.78 Å². The van der Waals surface area contributed by atoms with Crippen molar-refractivity contribution < 1.29 is 13.6 Å². The number of rotatable bonds is 4. The minimum absolute atomic E-state index is 0.240. The Hall–Kier alpha value is -1.65.